The van der Waals surface area contributed by atoms with E-state index in [4.69, 9.17) is 23.7 Å². The van der Waals surface area contributed by atoms with E-state index in [0.717, 1.165) is 6.42 Å². The second-order valence-electron chi connectivity index (χ2n) is 4.27. The quantitative estimate of drug-likeness (QED) is 0.707. The fourth-order valence-electron chi connectivity index (χ4n) is 1.69. The van der Waals surface area contributed by atoms with Gasteiger partial charge in [-0.1, -0.05) is 0 Å². The number of methoxy groups -OCH3 is 1. The van der Waals surface area contributed by atoms with E-state index in [9.17, 15) is 4.79 Å². The average Bonchev–Trinajstić information content (AvgIpc) is 2.88. The molecule has 0 bridgehead atoms. The molecule has 7 nitrogen and oxygen atoms in total. The van der Waals surface area contributed by atoms with Crippen LogP contribution in [0.5, 0.6) is 6.08 Å². The van der Waals surface area contributed by atoms with Crippen molar-refractivity contribution in [2.75, 3.05) is 33.5 Å². The summed E-state index contributed by atoms with van der Waals surface area (Å²) in [4.78, 5) is 15.0. The summed E-state index contributed by atoms with van der Waals surface area (Å²) in [6.45, 7) is 2.00. The molecule has 1 N–H and O–H groups in total. The predicted octanol–water partition coefficient (Wildman–Crippen LogP) is 1.96. The van der Waals surface area contributed by atoms with Crippen LogP contribution in [0.3, 0.4) is 0 Å². The lowest BCUT2D eigenvalue weighted by atomic mass is 10.2. The molecule has 7 heteroatoms. The highest BCUT2D eigenvalue weighted by atomic mass is 16.6. The summed E-state index contributed by atoms with van der Waals surface area (Å²) in [5.74, 6) is -1.01. The summed E-state index contributed by atoms with van der Waals surface area (Å²) < 4.78 is 20.9. The van der Waals surface area contributed by atoms with Crippen LogP contribution in [-0.4, -0.2) is 49.6 Å². The molecular weight excluding hydrogens is 278 g/mol. The number of carbonyl (C=O) groups is 1. The van der Waals surface area contributed by atoms with Crippen molar-refractivity contribution in [3.8, 4) is 6.08 Å². The average molecular weight is 295 g/mol. The highest BCUT2D eigenvalue weighted by Gasteiger charge is 2.10. The maximum absolute atomic E-state index is 10.9. The van der Waals surface area contributed by atoms with E-state index >= 15 is 0 Å². The lowest BCUT2D eigenvalue weighted by molar-refractivity contribution is 0.0696. The van der Waals surface area contributed by atoms with Gasteiger partial charge in [-0.15, -0.1) is 0 Å². The van der Waals surface area contributed by atoms with E-state index in [0.29, 0.717) is 37.5 Å². The lowest BCUT2D eigenvalue weighted by Gasteiger charge is -2.03. The third-order valence-electron chi connectivity index (χ3n) is 2.71. The molecule has 1 aromatic heterocycles. The molecule has 0 radical (unpaired) electrons. The van der Waals surface area contributed by atoms with Gasteiger partial charge in [0.05, 0.1) is 12.2 Å². The van der Waals surface area contributed by atoms with Gasteiger partial charge in [0.1, 0.15) is 12.1 Å². The lowest BCUT2D eigenvalue weighted by Crippen LogP contribution is -2.08. The molecule has 1 aromatic carbocycles. The highest BCUT2D eigenvalue weighted by molar-refractivity contribution is 5.91. The highest BCUT2D eigenvalue weighted by Crippen LogP contribution is 2.21. The molecule has 0 amide bonds. The molecule has 2 rings (SSSR count). The smallest absolute Gasteiger partial charge is 0.394 e. The van der Waals surface area contributed by atoms with Gasteiger partial charge in [-0.2, -0.15) is 4.98 Å². The monoisotopic (exact) mass is 295 g/mol. The minimum absolute atomic E-state index is 0.105. The van der Waals surface area contributed by atoms with Crippen molar-refractivity contribution in [2.45, 2.75) is 6.42 Å². The number of benzene rings is 1. The Labute approximate surface area is 121 Å². The molecule has 2 aromatic rings. The topological polar surface area (TPSA) is 91.0 Å². The first kappa shape index (κ1) is 15.3. The van der Waals surface area contributed by atoms with Gasteiger partial charge < -0.3 is 23.7 Å². The number of aromatic carboxylic acids is 1. The number of hydrogen-bond donors (Lipinski definition) is 1. The van der Waals surface area contributed by atoms with Crippen LogP contribution < -0.4 is 4.74 Å². The van der Waals surface area contributed by atoms with Crippen molar-refractivity contribution in [3.63, 3.8) is 0 Å². The van der Waals surface area contributed by atoms with Crippen LogP contribution in [0.1, 0.15) is 16.8 Å². The maximum atomic E-state index is 10.9. The summed E-state index contributed by atoms with van der Waals surface area (Å²) in [6.07, 6.45) is 0.935. The van der Waals surface area contributed by atoms with Crippen LogP contribution in [0.2, 0.25) is 0 Å². The van der Waals surface area contributed by atoms with Crippen LogP contribution >= 0.6 is 0 Å². The minimum Gasteiger partial charge on any atom is -0.478 e. The van der Waals surface area contributed by atoms with Crippen LogP contribution in [0.25, 0.3) is 11.1 Å². The Hall–Kier alpha value is -2.12. The number of ether oxygens (including phenoxy) is 3. The van der Waals surface area contributed by atoms with Gasteiger partial charge in [0.25, 0.3) is 0 Å². The molecular formula is C14H17NO6. The number of carboxylic acid groups (broad SMARTS) is 1. The molecule has 0 aliphatic carbocycles. The zero-order valence-corrected chi connectivity index (χ0v) is 11.7. The number of carboxylic acids is 1. The van der Waals surface area contributed by atoms with Crippen molar-refractivity contribution in [1.82, 2.24) is 4.98 Å². The first-order chi connectivity index (χ1) is 10.2. The van der Waals surface area contributed by atoms with Crippen molar-refractivity contribution < 1.29 is 28.5 Å². The second kappa shape index (κ2) is 7.61. The number of nitrogens with zero attached hydrogens (tertiary/aromatic N) is 1. The van der Waals surface area contributed by atoms with Gasteiger partial charge in [-0.3, -0.25) is 0 Å². The van der Waals surface area contributed by atoms with Gasteiger partial charge in [0.2, 0.25) is 0 Å². The van der Waals surface area contributed by atoms with Gasteiger partial charge in [0.15, 0.2) is 5.58 Å². The molecule has 0 spiro atoms. The standard InChI is InChI=1S/C14H17NO6/c1-18-5-2-6-19-7-8-20-14-15-11-4-3-10(13(16)17)9-12(11)21-14/h3-4,9H,2,5-8H2,1H3,(H,16,17). The number of hydrogen-bond acceptors (Lipinski definition) is 6. The zero-order valence-electron chi connectivity index (χ0n) is 11.7. The van der Waals surface area contributed by atoms with Crippen LogP contribution in [0.15, 0.2) is 22.6 Å². The summed E-state index contributed by atoms with van der Waals surface area (Å²) in [7, 11) is 1.64. The Balaban J connectivity index is 1.81. The Bertz CT molecular complexity index is 594. The first-order valence-corrected chi connectivity index (χ1v) is 6.54. The van der Waals surface area contributed by atoms with Crippen molar-refractivity contribution >= 4 is 17.1 Å². The van der Waals surface area contributed by atoms with Crippen LogP contribution in [-0.2, 0) is 9.47 Å². The summed E-state index contributed by atoms with van der Waals surface area (Å²) in [6, 6.07) is 4.46. The molecule has 0 saturated heterocycles. The fourth-order valence-corrected chi connectivity index (χ4v) is 1.69. The molecule has 21 heavy (non-hydrogen) atoms. The van der Waals surface area contributed by atoms with Crippen molar-refractivity contribution in [2.24, 2.45) is 0 Å². The van der Waals surface area contributed by atoms with Gasteiger partial charge in [-0.25, -0.2) is 4.79 Å². The summed E-state index contributed by atoms with van der Waals surface area (Å²) >= 11 is 0. The molecule has 0 saturated carbocycles. The first-order valence-electron chi connectivity index (χ1n) is 6.54. The molecule has 0 aliphatic heterocycles. The summed E-state index contributed by atoms with van der Waals surface area (Å²) in [5, 5.41) is 8.89. The zero-order chi connectivity index (χ0) is 15.1. The van der Waals surface area contributed by atoms with Crippen molar-refractivity contribution in [1.29, 1.82) is 0 Å². The Morgan fingerprint density at radius 2 is 2.14 bits per heavy atom. The Morgan fingerprint density at radius 3 is 2.90 bits per heavy atom. The predicted molar refractivity (Wildman–Crippen MR) is 73.8 cm³/mol. The molecule has 0 atom stereocenters. The molecule has 0 unspecified atom stereocenters. The normalized spacial score (nSPS) is 10.9. The number of fused-ring (bicyclic) bond motifs is 1. The van der Waals surface area contributed by atoms with Gasteiger partial charge >= 0.3 is 12.0 Å². The minimum atomic E-state index is -1.01. The van der Waals surface area contributed by atoms with E-state index in [1.54, 1.807) is 13.2 Å². The molecule has 0 aliphatic rings. The van der Waals surface area contributed by atoms with Crippen LogP contribution in [0.4, 0.5) is 0 Å². The van der Waals surface area contributed by atoms with E-state index in [1.807, 2.05) is 0 Å². The third-order valence-corrected chi connectivity index (χ3v) is 2.71. The van der Waals surface area contributed by atoms with Gasteiger partial charge in [0, 0.05) is 20.3 Å². The Morgan fingerprint density at radius 1 is 1.29 bits per heavy atom. The SMILES string of the molecule is COCCCOCCOc1nc2ccc(C(=O)O)cc2o1. The molecule has 114 valence electrons. The largest absolute Gasteiger partial charge is 0.478 e. The third kappa shape index (κ3) is 4.44. The summed E-state index contributed by atoms with van der Waals surface area (Å²) in [5.41, 5.74) is 1.08. The van der Waals surface area contributed by atoms with E-state index in [-0.39, 0.29) is 11.6 Å². The Kier molecular flexibility index (Phi) is 5.53. The maximum Gasteiger partial charge on any atom is 0.394 e. The molecule has 0 fully saturated rings. The second-order valence-corrected chi connectivity index (χ2v) is 4.27. The van der Waals surface area contributed by atoms with E-state index in [2.05, 4.69) is 4.98 Å². The molecule has 1 heterocycles. The number of aromatic nitrogens is 1. The fraction of sp³-hybridized carbons (Fsp3) is 0.429. The number of rotatable bonds is 9. The van der Waals surface area contributed by atoms with Gasteiger partial charge in [-0.05, 0) is 24.6 Å². The van der Waals surface area contributed by atoms with E-state index in [1.165, 1.54) is 12.1 Å². The van der Waals surface area contributed by atoms with Crippen LogP contribution in [0, 0.1) is 0 Å². The van der Waals surface area contributed by atoms with Crippen molar-refractivity contribution in [3.05, 3.63) is 23.8 Å². The number of oxazole rings is 1. The van der Waals surface area contributed by atoms with E-state index < -0.39 is 5.97 Å².